The summed E-state index contributed by atoms with van der Waals surface area (Å²) >= 11 is 6.06. The van der Waals surface area contributed by atoms with Crippen molar-refractivity contribution in [1.29, 1.82) is 0 Å². The van der Waals surface area contributed by atoms with Crippen LogP contribution < -0.4 is 15.5 Å². The first-order valence-corrected chi connectivity index (χ1v) is 8.51. The van der Waals surface area contributed by atoms with Crippen LogP contribution in [0.3, 0.4) is 0 Å². The van der Waals surface area contributed by atoms with Crippen LogP contribution >= 0.6 is 11.6 Å². The summed E-state index contributed by atoms with van der Waals surface area (Å²) in [6.45, 7) is 4.31. The van der Waals surface area contributed by atoms with E-state index in [1.807, 2.05) is 38.1 Å². The number of nitrogens with one attached hydrogen (secondary N) is 2. The number of nitrogens with zero attached hydrogens (tertiary/aromatic N) is 1. The van der Waals surface area contributed by atoms with Gasteiger partial charge in [-0.2, -0.15) is 0 Å². The Balaban J connectivity index is 1.62. The average Bonchev–Trinajstić information content (AvgIpc) is 2.93. The molecule has 1 fully saturated rings. The van der Waals surface area contributed by atoms with E-state index in [1.54, 1.807) is 23.1 Å². The van der Waals surface area contributed by atoms with Gasteiger partial charge in [-0.05, 0) is 43.7 Å². The maximum absolute atomic E-state index is 12.2. The molecule has 0 radical (unpaired) electrons. The third kappa shape index (κ3) is 3.94. The van der Waals surface area contributed by atoms with E-state index in [1.165, 1.54) is 0 Å². The molecule has 1 aliphatic heterocycles. The molecule has 2 aromatic rings. The molecule has 2 aromatic carbocycles. The molecule has 1 atom stereocenters. The van der Waals surface area contributed by atoms with E-state index in [-0.39, 0.29) is 24.4 Å². The quantitative estimate of drug-likeness (QED) is 0.875. The van der Waals surface area contributed by atoms with Crippen molar-refractivity contribution in [1.82, 2.24) is 5.32 Å². The first-order valence-electron chi connectivity index (χ1n) is 8.13. The predicted octanol–water partition coefficient (Wildman–Crippen LogP) is 3.88. The van der Waals surface area contributed by atoms with Gasteiger partial charge in [0.25, 0.3) is 0 Å². The van der Waals surface area contributed by atoms with E-state index >= 15 is 0 Å². The molecule has 0 spiro atoms. The van der Waals surface area contributed by atoms with Gasteiger partial charge in [-0.3, -0.25) is 4.79 Å². The van der Waals surface area contributed by atoms with Gasteiger partial charge in [-0.25, -0.2) is 4.79 Å². The highest BCUT2D eigenvalue weighted by Gasteiger charge is 2.31. The van der Waals surface area contributed by atoms with E-state index in [9.17, 15) is 9.59 Å². The third-order valence-electron chi connectivity index (χ3n) is 4.32. The second-order valence-electron chi connectivity index (χ2n) is 6.25. The van der Waals surface area contributed by atoms with Crippen LogP contribution in [0.5, 0.6) is 0 Å². The Hall–Kier alpha value is -2.53. The van der Waals surface area contributed by atoms with Crippen LogP contribution in [0.15, 0.2) is 42.5 Å². The van der Waals surface area contributed by atoms with E-state index in [4.69, 9.17) is 11.6 Å². The molecule has 25 heavy (non-hydrogen) atoms. The van der Waals surface area contributed by atoms with E-state index in [2.05, 4.69) is 10.6 Å². The van der Waals surface area contributed by atoms with Gasteiger partial charge in [0.1, 0.15) is 0 Å². The van der Waals surface area contributed by atoms with Crippen LogP contribution in [0.4, 0.5) is 16.2 Å². The summed E-state index contributed by atoms with van der Waals surface area (Å²) in [5.41, 5.74) is 3.46. The van der Waals surface area contributed by atoms with Crippen molar-refractivity contribution >= 4 is 34.9 Å². The van der Waals surface area contributed by atoms with Crippen molar-refractivity contribution in [3.8, 4) is 0 Å². The maximum Gasteiger partial charge on any atom is 0.319 e. The van der Waals surface area contributed by atoms with E-state index in [0.717, 1.165) is 16.8 Å². The highest BCUT2D eigenvalue weighted by Crippen LogP contribution is 2.24. The number of hydrogen-bond acceptors (Lipinski definition) is 2. The summed E-state index contributed by atoms with van der Waals surface area (Å²) in [6, 6.07) is 12.6. The summed E-state index contributed by atoms with van der Waals surface area (Å²) in [7, 11) is 0. The number of halogens is 1. The van der Waals surface area contributed by atoms with Gasteiger partial charge in [-0.15, -0.1) is 0 Å². The SMILES string of the molecule is Cc1ccc(N2C[C@H](NC(=O)Nc3cccc(Cl)c3C)CC2=O)cc1. The second-order valence-corrected chi connectivity index (χ2v) is 6.66. The highest BCUT2D eigenvalue weighted by atomic mass is 35.5. The fourth-order valence-corrected chi connectivity index (χ4v) is 3.04. The highest BCUT2D eigenvalue weighted by molar-refractivity contribution is 6.31. The standard InChI is InChI=1S/C19H20ClN3O2/c1-12-6-8-15(9-7-12)23-11-14(10-18(23)24)21-19(25)22-17-5-3-4-16(20)13(17)2/h3-9,14H,10-11H2,1-2H3,(H2,21,22,25)/t14-/m1/s1. The smallest absolute Gasteiger partial charge is 0.319 e. The van der Waals surface area contributed by atoms with Crippen molar-refractivity contribution < 1.29 is 9.59 Å². The topological polar surface area (TPSA) is 61.4 Å². The Morgan fingerprint density at radius 1 is 1.16 bits per heavy atom. The van der Waals surface area contributed by atoms with Crippen LogP contribution in [0.25, 0.3) is 0 Å². The summed E-state index contributed by atoms with van der Waals surface area (Å²) in [5.74, 6) is 0.00749. The minimum absolute atomic E-state index is 0.00749. The van der Waals surface area contributed by atoms with Crippen LogP contribution in [0.2, 0.25) is 5.02 Å². The molecule has 1 saturated heterocycles. The molecule has 0 aromatic heterocycles. The van der Waals surface area contributed by atoms with Gasteiger partial charge >= 0.3 is 6.03 Å². The van der Waals surface area contributed by atoms with Crippen molar-refractivity contribution in [3.05, 3.63) is 58.6 Å². The molecule has 2 N–H and O–H groups in total. The molecule has 6 heteroatoms. The lowest BCUT2D eigenvalue weighted by atomic mass is 10.2. The van der Waals surface area contributed by atoms with Crippen LogP contribution in [0.1, 0.15) is 17.5 Å². The fourth-order valence-electron chi connectivity index (χ4n) is 2.87. The normalized spacial score (nSPS) is 16.8. The van der Waals surface area contributed by atoms with Crippen LogP contribution in [0, 0.1) is 13.8 Å². The Bertz CT molecular complexity index is 805. The van der Waals surface area contributed by atoms with Gasteiger partial charge in [-0.1, -0.05) is 35.4 Å². The maximum atomic E-state index is 12.2. The summed E-state index contributed by atoms with van der Waals surface area (Å²) < 4.78 is 0. The largest absolute Gasteiger partial charge is 0.333 e. The lowest BCUT2D eigenvalue weighted by molar-refractivity contribution is -0.117. The molecule has 0 unspecified atom stereocenters. The molecule has 0 bridgehead atoms. The Morgan fingerprint density at radius 3 is 2.60 bits per heavy atom. The van der Waals surface area contributed by atoms with Crippen molar-refractivity contribution in [3.63, 3.8) is 0 Å². The number of amides is 3. The molecule has 3 amide bonds. The van der Waals surface area contributed by atoms with E-state index in [0.29, 0.717) is 17.3 Å². The summed E-state index contributed by atoms with van der Waals surface area (Å²) in [4.78, 5) is 26.2. The molecule has 5 nitrogen and oxygen atoms in total. The van der Waals surface area contributed by atoms with Crippen molar-refractivity contribution in [2.24, 2.45) is 0 Å². The average molecular weight is 358 g/mol. The lowest BCUT2D eigenvalue weighted by Crippen LogP contribution is -2.39. The number of carbonyl (C=O) groups is 2. The monoisotopic (exact) mass is 357 g/mol. The minimum Gasteiger partial charge on any atom is -0.333 e. The number of hydrogen-bond donors (Lipinski definition) is 2. The minimum atomic E-state index is -0.339. The van der Waals surface area contributed by atoms with E-state index < -0.39 is 0 Å². The Kier molecular flexibility index (Phi) is 4.95. The first-order chi connectivity index (χ1) is 11.9. The molecular formula is C19H20ClN3O2. The molecule has 0 saturated carbocycles. The first kappa shape index (κ1) is 17.3. The summed E-state index contributed by atoms with van der Waals surface area (Å²) in [5, 5.41) is 6.25. The fraction of sp³-hybridized carbons (Fsp3) is 0.263. The molecular weight excluding hydrogens is 338 g/mol. The molecule has 0 aliphatic carbocycles. The number of carbonyl (C=O) groups excluding carboxylic acids is 2. The van der Waals surface area contributed by atoms with Crippen LogP contribution in [-0.4, -0.2) is 24.5 Å². The second kappa shape index (κ2) is 7.15. The van der Waals surface area contributed by atoms with Gasteiger partial charge in [0.15, 0.2) is 0 Å². The zero-order chi connectivity index (χ0) is 18.0. The van der Waals surface area contributed by atoms with Gasteiger partial charge in [0, 0.05) is 29.4 Å². The third-order valence-corrected chi connectivity index (χ3v) is 4.73. The van der Waals surface area contributed by atoms with Crippen molar-refractivity contribution in [2.45, 2.75) is 26.3 Å². The Labute approximate surface area is 152 Å². The number of anilines is 2. The van der Waals surface area contributed by atoms with Crippen LogP contribution in [-0.2, 0) is 4.79 Å². The number of rotatable bonds is 3. The summed E-state index contributed by atoms with van der Waals surface area (Å²) in [6.07, 6.45) is 0.288. The zero-order valence-corrected chi connectivity index (χ0v) is 14.9. The number of aryl methyl sites for hydroxylation is 1. The van der Waals surface area contributed by atoms with Gasteiger partial charge in [0.05, 0.1) is 6.04 Å². The zero-order valence-electron chi connectivity index (χ0n) is 14.2. The Morgan fingerprint density at radius 2 is 1.88 bits per heavy atom. The lowest BCUT2D eigenvalue weighted by Gasteiger charge is -2.18. The molecule has 3 rings (SSSR count). The van der Waals surface area contributed by atoms with Gasteiger partial charge < -0.3 is 15.5 Å². The number of benzene rings is 2. The molecule has 1 aliphatic rings. The molecule has 1 heterocycles. The van der Waals surface area contributed by atoms with Crippen molar-refractivity contribution in [2.75, 3.05) is 16.8 Å². The number of urea groups is 1. The van der Waals surface area contributed by atoms with Gasteiger partial charge in [0.2, 0.25) is 5.91 Å². The molecule has 130 valence electrons. The predicted molar refractivity (Wildman–Crippen MR) is 100 cm³/mol.